The summed E-state index contributed by atoms with van der Waals surface area (Å²) in [5.41, 5.74) is 5.93. The predicted octanol–water partition coefficient (Wildman–Crippen LogP) is -0.674. The van der Waals surface area contributed by atoms with Crippen LogP contribution in [0.3, 0.4) is 0 Å². The molecule has 1 aromatic carbocycles. The SMILES string of the molecule is CO/N=C(\C(=O)NC1C(=O)N2C(C(=O)[O-])=C(C[n+]3ccc4cccc(O)c4c3)CS[C@H]12)c1csc(N)n1. The van der Waals surface area contributed by atoms with Gasteiger partial charge in [0, 0.05) is 22.8 Å². The summed E-state index contributed by atoms with van der Waals surface area (Å²) >= 11 is 2.44. The molecule has 1 unspecified atom stereocenters. The molecule has 4 heterocycles. The van der Waals surface area contributed by atoms with E-state index in [-0.39, 0.29) is 40.3 Å². The van der Waals surface area contributed by atoms with Gasteiger partial charge >= 0.3 is 0 Å². The number of aliphatic carboxylic acids is 1. The van der Waals surface area contributed by atoms with Gasteiger partial charge in [-0.25, -0.2) is 9.55 Å². The molecular formula is C23H20N6O6S2. The van der Waals surface area contributed by atoms with E-state index in [1.54, 1.807) is 29.1 Å². The number of carboxylic acids is 1. The van der Waals surface area contributed by atoms with Gasteiger partial charge in [-0.2, -0.15) is 0 Å². The molecule has 2 aliphatic heterocycles. The number of nitrogen functional groups attached to an aromatic ring is 1. The number of thioether (sulfide) groups is 1. The Morgan fingerprint density at radius 2 is 2.22 bits per heavy atom. The first-order valence-electron chi connectivity index (χ1n) is 10.9. The van der Waals surface area contributed by atoms with Crippen molar-refractivity contribution in [1.82, 2.24) is 15.2 Å². The number of hydrogen-bond acceptors (Lipinski definition) is 11. The maximum absolute atomic E-state index is 13.0. The number of carboxylic acid groups (broad SMARTS) is 1. The van der Waals surface area contributed by atoms with E-state index in [1.807, 2.05) is 12.1 Å². The highest BCUT2D eigenvalue weighted by atomic mass is 32.2. The van der Waals surface area contributed by atoms with Crippen LogP contribution in [0.5, 0.6) is 5.75 Å². The smallest absolute Gasteiger partial charge is 0.276 e. The molecule has 0 spiro atoms. The van der Waals surface area contributed by atoms with Crippen molar-refractivity contribution in [2.45, 2.75) is 18.0 Å². The number of rotatable bonds is 7. The minimum absolute atomic E-state index is 0.104. The Balaban J connectivity index is 1.37. The monoisotopic (exact) mass is 540 g/mol. The first-order valence-corrected chi connectivity index (χ1v) is 12.8. The number of β-lactam (4-membered cyclic amide) rings is 1. The van der Waals surface area contributed by atoms with E-state index >= 15 is 0 Å². The average molecular weight is 541 g/mol. The normalized spacial score (nSPS) is 19.4. The fourth-order valence-electron chi connectivity index (χ4n) is 4.26. The van der Waals surface area contributed by atoms with Crippen LogP contribution in [0.15, 0.2) is 58.5 Å². The Bertz CT molecular complexity index is 1500. The summed E-state index contributed by atoms with van der Waals surface area (Å²) in [6, 6.07) is 5.99. The van der Waals surface area contributed by atoms with Crippen molar-refractivity contribution in [3.05, 3.63) is 59.0 Å². The zero-order valence-electron chi connectivity index (χ0n) is 19.3. The number of phenolic OH excluding ortho intramolecular Hbond substituents is 1. The second-order valence-electron chi connectivity index (χ2n) is 8.19. The van der Waals surface area contributed by atoms with Crippen LogP contribution in [-0.4, -0.2) is 62.8 Å². The maximum atomic E-state index is 13.0. The molecule has 4 N–H and O–H groups in total. The molecular weight excluding hydrogens is 520 g/mol. The molecule has 0 radical (unpaired) electrons. The Kier molecular flexibility index (Phi) is 6.43. The van der Waals surface area contributed by atoms with E-state index in [0.29, 0.717) is 11.0 Å². The number of carbonyl (C=O) groups is 3. The van der Waals surface area contributed by atoms with Gasteiger partial charge in [-0.15, -0.1) is 23.1 Å². The number of hydrogen-bond donors (Lipinski definition) is 3. The lowest BCUT2D eigenvalue weighted by Crippen LogP contribution is -2.71. The van der Waals surface area contributed by atoms with Crippen LogP contribution in [0.1, 0.15) is 5.69 Å². The predicted molar refractivity (Wildman–Crippen MR) is 133 cm³/mol. The molecule has 12 nitrogen and oxygen atoms in total. The number of aromatic nitrogens is 2. The average Bonchev–Trinajstić information content (AvgIpc) is 3.31. The lowest BCUT2D eigenvalue weighted by Gasteiger charge is -2.50. The molecule has 0 aliphatic carbocycles. The number of oxime groups is 1. The van der Waals surface area contributed by atoms with Crippen molar-refractivity contribution >= 4 is 62.5 Å². The molecule has 2 amide bonds. The van der Waals surface area contributed by atoms with Gasteiger partial charge in [0.25, 0.3) is 11.8 Å². The molecule has 2 aliphatic rings. The second-order valence-corrected chi connectivity index (χ2v) is 10.2. The Hall–Kier alpha value is -4.17. The molecule has 14 heteroatoms. The molecule has 5 rings (SSSR count). The lowest BCUT2D eigenvalue weighted by atomic mass is 10.0. The number of pyridine rings is 1. The summed E-state index contributed by atoms with van der Waals surface area (Å²) in [6.07, 6.45) is 3.48. The number of thiazole rings is 1. The van der Waals surface area contributed by atoms with Crippen molar-refractivity contribution in [2.24, 2.45) is 5.16 Å². The van der Waals surface area contributed by atoms with E-state index in [1.165, 1.54) is 24.3 Å². The van der Waals surface area contributed by atoms with Crippen LogP contribution in [0, 0.1) is 0 Å². The van der Waals surface area contributed by atoms with Gasteiger partial charge in [0.1, 0.15) is 30.0 Å². The number of aromatic hydroxyl groups is 1. The molecule has 1 fully saturated rings. The molecule has 190 valence electrons. The van der Waals surface area contributed by atoms with E-state index in [9.17, 15) is 24.6 Å². The first-order chi connectivity index (χ1) is 17.8. The van der Waals surface area contributed by atoms with Crippen LogP contribution in [-0.2, 0) is 25.8 Å². The summed E-state index contributed by atoms with van der Waals surface area (Å²) in [6.45, 7) is 0.171. The number of benzene rings is 1. The highest BCUT2D eigenvalue weighted by Gasteiger charge is 2.53. The first kappa shape index (κ1) is 24.5. The molecule has 0 saturated carbocycles. The fourth-order valence-corrected chi connectivity index (χ4v) is 6.14. The Morgan fingerprint density at radius 3 is 2.92 bits per heavy atom. The summed E-state index contributed by atoms with van der Waals surface area (Å²) in [5.74, 6) is -2.38. The van der Waals surface area contributed by atoms with Crippen LogP contribution in [0.25, 0.3) is 10.8 Å². The van der Waals surface area contributed by atoms with Gasteiger partial charge in [0.2, 0.25) is 0 Å². The number of nitrogens with zero attached hydrogens (tertiary/aromatic N) is 4. The number of amides is 2. The fraction of sp³-hybridized carbons (Fsp3) is 0.217. The van der Waals surface area contributed by atoms with Crippen LogP contribution >= 0.6 is 23.1 Å². The second kappa shape index (κ2) is 9.71. The summed E-state index contributed by atoms with van der Waals surface area (Å²) in [4.78, 5) is 47.9. The number of carbonyl (C=O) groups excluding carboxylic acids is 3. The van der Waals surface area contributed by atoms with Crippen molar-refractivity contribution < 1.29 is 34.0 Å². The van der Waals surface area contributed by atoms with Crippen molar-refractivity contribution in [1.29, 1.82) is 0 Å². The van der Waals surface area contributed by atoms with E-state index < -0.39 is 29.2 Å². The third-order valence-electron chi connectivity index (χ3n) is 5.92. The Morgan fingerprint density at radius 1 is 1.41 bits per heavy atom. The number of fused-ring (bicyclic) bond motifs is 2. The van der Waals surface area contributed by atoms with Gasteiger partial charge in [-0.1, -0.05) is 17.3 Å². The molecule has 3 aromatic rings. The molecule has 2 aromatic heterocycles. The van der Waals surface area contributed by atoms with Crippen LogP contribution < -0.4 is 20.7 Å². The van der Waals surface area contributed by atoms with Gasteiger partial charge in [0.15, 0.2) is 29.8 Å². The van der Waals surface area contributed by atoms with Gasteiger partial charge < -0.3 is 30.9 Å². The molecule has 1 saturated heterocycles. The highest BCUT2D eigenvalue weighted by Crippen LogP contribution is 2.40. The minimum Gasteiger partial charge on any atom is -0.543 e. The zero-order valence-corrected chi connectivity index (χ0v) is 20.9. The number of nitrogens with two attached hydrogens (primary N) is 1. The van der Waals surface area contributed by atoms with E-state index in [0.717, 1.165) is 21.6 Å². The molecule has 37 heavy (non-hydrogen) atoms. The van der Waals surface area contributed by atoms with Gasteiger partial charge in [-0.3, -0.25) is 14.5 Å². The van der Waals surface area contributed by atoms with E-state index in [4.69, 9.17) is 10.6 Å². The van der Waals surface area contributed by atoms with Crippen LogP contribution in [0.4, 0.5) is 5.13 Å². The topological polar surface area (TPSA) is 174 Å². The third-order valence-corrected chi connectivity index (χ3v) is 7.93. The number of phenols is 1. The molecule has 2 atom stereocenters. The zero-order chi connectivity index (χ0) is 26.3. The Labute approximate surface area is 218 Å². The molecule has 0 bridgehead atoms. The minimum atomic E-state index is -1.48. The van der Waals surface area contributed by atoms with Gasteiger partial charge in [-0.05, 0) is 11.5 Å². The van der Waals surface area contributed by atoms with Gasteiger partial charge in [0.05, 0.1) is 17.1 Å². The standard InChI is InChI=1S/C23H20N6O6S2/c1-35-27-16(14-10-37-23(24)25-14)19(31)26-17-20(32)29-18(22(33)34)12(9-36-21(17)29)7-28-6-5-11-3-2-4-15(30)13(11)8-28/h2-6,8,10,17,21H,7,9H2,1H3,(H4,24,25,26,31,33,34)/b27-16-/t17?,21-/m1/s1. The summed E-state index contributed by atoms with van der Waals surface area (Å²) in [7, 11) is 1.27. The van der Waals surface area contributed by atoms with Crippen LogP contribution in [0.2, 0.25) is 0 Å². The maximum Gasteiger partial charge on any atom is 0.276 e. The summed E-state index contributed by atoms with van der Waals surface area (Å²) < 4.78 is 1.73. The quantitative estimate of drug-likeness (QED) is 0.152. The lowest BCUT2D eigenvalue weighted by molar-refractivity contribution is -0.687. The van der Waals surface area contributed by atoms with Crippen molar-refractivity contribution in [3.8, 4) is 5.75 Å². The number of nitrogens with one attached hydrogen (secondary N) is 1. The summed E-state index contributed by atoms with van der Waals surface area (Å²) in [5, 5.41) is 31.1. The van der Waals surface area contributed by atoms with Crippen molar-refractivity contribution in [2.75, 3.05) is 18.6 Å². The highest BCUT2D eigenvalue weighted by molar-refractivity contribution is 8.00. The van der Waals surface area contributed by atoms with Crippen molar-refractivity contribution in [3.63, 3.8) is 0 Å². The van der Waals surface area contributed by atoms with E-state index in [2.05, 4.69) is 15.5 Å². The number of anilines is 1. The third kappa shape index (κ3) is 4.44. The largest absolute Gasteiger partial charge is 0.543 e.